The molecule has 0 aromatic carbocycles. The molecule has 0 amide bonds. The molecular formula is C13H21ClN2O2S. The van der Waals surface area contributed by atoms with E-state index in [0.717, 1.165) is 12.2 Å². The molecule has 1 aromatic rings. The van der Waals surface area contributed by atoms with Gasteiger partial charge >= 0.3 is 0 Å². The zero-order valence-corrected chi connectivity index (χ0v) is 13.0. The third-order valence-electron chi connectivity index (χ3n) is 2.96. The van der Waals surface area contributed by atoms with Crippen molar-refractivity contribution in [3.8, 4) is 0 Å². The van der Waals surface area contributed by atoms with Crippen molar-refractivity contribution in [3.63, 3.8) is 0 Å². The largest absolute Gasteiger partial charge is 0.309 e. The zero-order chi connectivity index (χ0) is 14.3. The summed E-state index contributed by atoms with van der Waals surface area (Å²) in [6, 6.07) is 3.60. The van der Waals surface area contributed by atoms with Gasteiger partial charge in [0.05, 0.1) is 22.5 Å². The van der Waals surface area contributed by atoms with Crippen LogP contribution >= 0.6 is 11.6 Å². The first-order chi connectivity index (χ1) is 9.00. The molecule has 0 fully saturated rings. The van der Waals surface area contributed by atoms with Gasteiger partial charge in [-0.05, 0) is 31.5 Å². The second-order valence-corrected chi connectivity index (χ2v) is 7.24. The van der Waals surface area contributed by atoms with Crippen molar-refractivity contribution in [2.45, 2.75) is 32.7 Å². The Morgan fingerprint density at radius 3 is 2.74 bits per heavy atom. The van der Waals surface area contributed by atoms with Crippen molar-refractivity contribution < 1.29 is 8.42 Å². The molecule has 1 unspecified atom stereocenters. The highest BCUT2D eigenvalue weighted by molar-refractivity contribution is 7.91. The molecule has 0 aliphatic carbocycles. The number of halogens is 1. The normalized spacial score (nSPS) is 13.4. The average Bonchev–Trinajstić information content (AvgIpc) is 2.38. The lowest BCUT2D eigenvalue weighted by atomic mass is 10.1. The van der Waals surface area contributed by atoms with Crippen molar-refractivity contribution in [1.82, 2.24) is 10.3 Å². The van der Waals surface area contributed by atoms with E-state index >= 15 is 0 Å². The van der Waals surface area contributed by atoms with Crippen molar-refractivity contribution >= 4 is 21.4 Å². The van der Waals surface area contributed by atoms with Gasteiger partial charge in [0.15, 0.2) is 0 Å². The van der Waals surface area contributed by atoms with E-state index in [9.17, 15) is 8.42 Å². The Morgan fingerprint density at radius 1 is 1.42 bits per heavy atom. The first kappa shape index (κ1) is 16.4. The number of hydrogen-bond acceptors (Lipinski definition) is 4. The van der Waals surface area contributed by atoms with Crippen LogP contribution in [0.3, 0.4) is 0 Å². The van der Waals surface area contributed by atoms with Gasteiger partial charge in [-0.1, -0.05) is 25.4 Å². The molecule has 108 valence electrons. The van der Waals surface area contributed by atoms with E-state index < -0.39 is 9.84 Å². The Bertz CT molecular complexity index is 491. The Hall–Kier alpha value is -0.650. The maximum absolute atomic E-state index is 11.5. The van der Waals surface area contributed by atoms with Crippen molar-refractivity contribution in [2.24, 2.45) is 0 Å². The summed E-state index contributed by atoms with van der Waals surface area (Å²) >= 11 is 6.13. The second-order valence-electron chi connectivity index (χ2n) is 4.36. The standard InChI is InChI=1S/C13H21ClN2O2S/c1-3-15-12(8-6-10-19(17,18)4-2)13-11(14)7-5-9-16-13/h5,7,9,12,15H,3-4,6,8,10H2,1-2H3. The number of nitrogens with zero attached hydrogens (tertiary/aromatic N) is 1. The molecule has 0 aliphatic heterocycles. The predicted molar refractivity (Wildman–Crippen MR) is 79.2 cm³/mol. The summed E-state index contributed by atoms with van der Waals surface area (Å²) in [6.45, 7) is 4.47. The lowest BCUT2D eigenvalue weighted by Gasteiger charge is -2.18. The summed E-state index contributed by atoms with van der Waals surface area (Å²) in [4.78, 5) is 4.29. The second kappa shape index (κ2) is 7.82. The monoisotopic (exact) mass is 304 g/mol. The fourth-order valence-corrected chi connectivity index (χ4v) is 3.04. The van der Waals surface area contributed by atoms with Crippen LogP contribution in [0.5, 0.6) is 0 Å². The molecule has 1 N–H and O–H groups in total. The molecule has 0 radical (unpaired) electrons. The third-order valence-corrected chi connectivity index (χ3v) is 5.07. The van der Waals surface area contributed by atoms with Crippen LogP contribution in [0.2, 0.25) is 5.02 Å². The quantitative estimate of drug-likeness (QED) is 0.802. The first-order valence-corrected chi connectivity index (χ1v) is 8.74. The minimum absolute atomic E-state index is 0.00533. The van der Waals surface area contributed by atoms with E-state index in [-0.39, 0.29) is 17.5 Å². The zero-order valence-electron chi connectivity index (χ0n) is 11.4. The molecule has 0 saturated heterocycles. The van der Waals surface area contributed by atoms with Crippen molar-refractivity contribution in [3.05, 3.63) is 29.0 Å². The van der Waals surface area contributed by atoms with E-state index in [1.807, 2.05) is 6.92 Å². The summed E-state index contributed by atoms with van der Waals surface area (Å²) < 4.78 is 23.0. The molecule has 4 nitrogen and oxygen atoms in total. The molecule has 19 heavy (non-hydrogen) atoms. The molecule has 0 bridgehead atoms. The number of rotatable bonds is 8. The van der Waals surface area contributed by atoms with E-state index in [4.69, 9.17) is 11.6 Å². The van der Waals surface area contributed by atoms with Gasteiger partial charge in [-0.25, -0.2) is 8.42 Å². The smallest absolute Gasteiger partial charge is 0.150 e. The lowest BCUT2D eigenvalue weighted by Crippen LogP contribution is -2.23. The van der Waals surface area contributed by atoms with Crippen LogP contribution in [0, 0.1) is 0 Å². The van der Waals surface area contributed by atoms with Crippen LogP contribution < -0.4 is 5.32 Å². The number of sulfone groups is 1. The van der Waals surface area contributed by atoms with Gasteiger partial charge < -0.3 is 5.32 Å². The highest BCUT2D eigenvalue weighted by Gasteiger charge is 2.16. The molecular weight excluding hydrogens is 284 g/mol. The topological polar surface area (TPSA) is 59.1 Å². The Labute approximate surface area is 120 Å². The number of pyridine rings is 1. The Balaban J connectivity index is 2.67. The van der Waals surface area contributed by atoms with Gasteiger partial charge in [0.2, 0.25) is 0 Å². The fraction of sp³-hybridized carbons (Fsp3) is 0.615. The predicted octanol–water partition coefficient (Wildman–Crippen LogP) is 2.60. The Morgan fingerprint density at radius 2 is 2.16 bits per heavy atom. The fourth-order valence-electron chi connectivity index (χ4n) is 1.89. The SMILES string of the molecule is CCNC(CCCS(=O)(=O)CC)c1ncccc1Cl. The highest BCUT2D eigenvalue weighted by atomic mass is 35.5. The van der Waals surface area contributed by atoms with Crippen molar-refractivity contribution in [2.75, 3.05) is 18.1 Å². The minimum atomic E-state index is -2.90. The molecule has 0 saturated carbocycles. The lowest BCUT2D eigenvalue weighted by molar-refractivity contribution is 0.496. The van der Waals surface area contributed by atoms with Crippen LogP contribution in [0.1, 0.15) is 38.4 Å². The molecule has 0 aliphatic rings. The van der Waals surface area contributed by atoms with E-state index in [2.05, 4.69) is 10.3 Å². The van der Waals surface area contributed by atoms with Gasteiger partial charge in [-0.2, -0.15) is 0 Å². The van der Waals surface area contributed by atoms with Crippen LogP contribution in [0.25, 0.3) is 0 Å². The molecule has 1 rings (SSSR count). The molecule has 6 heteroatoms. The summed E-state index contributed by atoms with van der Waals surface area (Å²) in [7, 11) is -2.90. The van der Waals surface area contributed by atoms with E-state index in [1.54, 1.807) is 25.3 Å². The third kappa shape index (κ3) is 5.47. The summed E-state index contributed by atoms with van der Waals surface area (Å²) in [5.41, 5.74) is 0.792. The van der Waals surface area contributed by atoms with Crippen LogP contribution in [-0.4, -0.2) is 31.5 Å². The summed E-state index contributed by atoms with van der Waals surface area (Å²) in [5.74, 6) is 0.416. The summed E-state index contributed by atoms with van der Waals surface area (Å²) in [6.07, 6.45) is 3.03. The average molecular weight is 305 g/mol. The molecule has 1 atom stereocenters. The van der Waals surface area contributed by atoms with Crippen LogP contribution in [0.15, 0.2) is 18.3 Å². The molecule has 1 heterocycles. The maximum Gasteiger partial charge on any atom is 0.150 e. The van der Waals surface area contributed by atoms with Gasteiger partial charge in [0.25, 0.3) is 0 Å². The molecule has 0 spiro atoms. The van der Waals surface area contributed by atoms with Crippen LogP contribution in [0.4, 0.5) is 0 Å². The minimum Gasteiger partial charge on any atom is -0.309 e. The van der Waals surface area contributed by atoms with Gasteiger partial charge in [-0.3, -0.25) is 4.98 Å². The summed E-state index contributed by atoms with van der Waals surface area (Å²) in [5, 5.41) is 3.92. The highest BCUT2D eigenvalue weighted by Crippen LogP contribution is 2.24. The first-order valence-electron chi connectivity index (χ1n) is 6.54. The van der Waals surface area contributed by atoms with Crippen LogP contribution in [-0.2, 0) is 9.84 Å². The van der Waals surface area contributed by atoms with Gasteiger partial charge in [0, 0.05) is 11.9 Å². The Kier molecular flexibility index (Phi) is 6.75. The van der Waals surface area contributed by atoms with Crippen molar-refractivity contribution in [1.29, 1.82) is 0 Å². The van der Waals surface area contributed by atoms with E-state index in [1.165, 1.54) is 0 Å². The van der Waals surface area contributed by atoms with E-state index in [0.29, 0.717) is 17.9 Å². The number of hydrogen-bond donors (Lipinski definition) is 1. The molecule has 1 aromatic heterocycles. The number of aromatic nitrogens is 1. The van der Waals surface area contributed by atoms with Gasteiger partial charge in [0.1, 0.15) is 9.84 Å². The maximum atomic E-state index is 11.5. The number of nitrogens with one attached hydrogen (secondary N) is 1. The van der Waals surface area contributed by atoms with Gasteiger partial charge in [-0.15, -0.1) is 0 Å².